The molecule has 0 saturated heterocycles. The molecule has 0 radical (unpaired) electrons. The van der Waals surface area contributed by atoms with Crippen LogP contribution in [0.3, 0.4) is 0 Å². The van der Waals surface area contributed by atoms with Crippen molar-refractivity contribution in [3.05, 3.63) is 47.5 Å². The maximum atomic E-state index is 11.9. The smallest absolute Gasteiger partial charge is 0.323 e. The van der Waals surface area contributed by atoms with Crippen LogP contribution in [0.15, 0.2) is 42.5 Å². The van der Waals surface area contributed by atoms with Crippen molar-refractivity contribution in [1.82, 2.24) is 0 Å². The predicted octanol–water partition coefficient (Wildman–Crippen LogP) is 3.57. The summed E-state index contributed by atoms with van der Waals surface area (Å²) in [6.45, 7) is 0. The first kappa shape index (κ1) is 14.0. The van der Waals surface area contributed by atoms with E-state index in [0.29, 0.717) is 27.8 Å². The summed E-state index contributed by atoms with van der Waals surface area (Å²) >= 11 is 5.78. The molecule has 6 heteroatoms. The van der Waals surface area contributed by atoms with Crippen molar-refractivity contribution in [2.24, 2.45) is 0 Å². The number of ether oxygens (including phenoxy) is 1. The van der Waals surface area contributed by atoms with Crippen molar-refractivity contribution in [2.75, 3.05) is 23.5 Å². The zero-order chi connectivity index (χ0) is 14.5. The van der Waals surface area contributed by atoms with Crippen LogP contribution in [0.2, 0.25) is 5.02 Å². The first-order valence-corrected chi connectivity index (χ1v) is 6.23. The summed E-state index contributed by atoms with van der Waals surface area (Å²) in [7, 11) is 1.52. The molecule has 0 atom stereocenters. The van der Waals surface area contributed by atoms with Gasteiger partial charge in [-0.3, -0.25) is 0 Å². The van der Waals surface area contributed by atoms with Gasteiger partial charge in [-0.1, -0.05) is 11.6 Å². The second kappa shape index (κ2) is 6.16. The Bertz CT molecular complexity index is 614. The average molecular weight is 292 g/mol. The third kappa shape index (κ3) is 3.55. The molecule has 0 heterocycles. The molecule has 5 nitrogen and oxygen atoms in total. The number of nitrogens with one attached hydrogen (secondary N) is 2. The van der Waals surface area contributed by atoms with Gasteiger partial charge < -0.3 is 21.1 Å². The van der Waals surface area contributed by atoms with Gasteiger partial charge in [0, 0.05) is 16.4 Å². The summed E-state index contributed by atoms with van der Waals surface area (Å²) in [4.78, 5) is 11.9. The molecule has 2 rings (SSSR count). The van der Waals surface area contributed by atoms with Gasteiger partial charge in [0.1, 0.15) is 5.75 Å². The number of benzene rings is 2. The molecule has 0 aromatic heterocycles. The highest BCUT2D eigenvalue weighted by molar-refractivity contribution is 6.30. The predicted molar refractivity (Wildman–Crippen MR) is 81.5 cm³/mol. The van der Waals surface area contributed by atoms with Gasteiger partial charge in [0.05, 0.1) is 12.8 Å². The Morgan fingerprint density at radius 1 is 1.15 bits per heavy atom. The second-order valence-corrected chi connectivity index (χ2v) is 4.48. The van der Waals surface area contributed by atoms with E-state index >= 15 is 0 Å². The number of urea groups is 1. The van der Waals surface area contributed by atoms with E-state index in [1.54, 1.807) is 42.5 Å². The van der Waals surface area contributed by atoms with E-state index in [1.807, 2.05) is 0 Å². The number of nitrogen functional groups attached to an aromatic ring is 1. The number of carbonyl (C=O) groups excluding carboxylic acids is 1. The van der Waals surface area contributed by atoms with Crippen molar-refractivity contribution in [3.8, 4) is 5.75 Å². The minimum atomic E-state index is -0.392. The molecule has 2 aromatic rings. The lowest BCUT2D eigenvalue weighted by molar-refractivity contribution is 0.262. The minimum absolute atomic E-state index is 0.392. The molecule has 0 aliphatic heterocycles. The van der Waals surface area contributed by atoms with Gasteiger partial charge in [0.25, 0.3) is 0 Å². The summed E-state index contributed by atoms with van der Waals surface area (Å²) < 4.78 is 5.15. The summed E-state index contributed by atoms with van der Waals surface area (Å²) in [5.74, 6) is 0.533. The quantitative estimate of drug-likeness (QED) is 0.757. The number of rotatable bonds is 3. The van der Waals surface area contributed by atoms with Crippen LogP contribution in [0.5, 0.6) is 5.75 Å². The van der Waals surface area contributed by atoms with Crippen LogP contribution in [0.1, 0.15) is 0 Å². The molecule has 0 unspecified atom stereocenters. The standard InChI is InChI=1S/C14H14ClN3O2/c1-20-13-7-4-10(16)8-12(13)18-14(19)17-11-5-2-9(15)3-6-11/h2-8H,16H2,1H3,(H2,17,18,19). The Labute approximate surface area is 121 Å². The van der Waals surface area contributed by atoms with Gasteiger partial charge in [-0.05, 0) is 42.5 Å². The van der Waals surface area contributed by atoms with Crippen molar-refractivity contribution in [1.29, 1.82) is 0 Å². The molecule has 0 spiro atoms. The molecule has 2 amide bonds. The second-order valence-electron chi connectivity index (χ2n) is 4.05. The van der Waals surface area contributed by atoms with Crippen molar-refractivity contribution in [3.63, 3.8) is 0 Å². The van der Waals surface area contributed by atoms with E-state index in [0.717, 1.165) is 0 Å². The summed E-state index contributed by atoms with van der Waals surface area (Å²) in [6, 6.07) is 11.4. The highest BCUT2D eigenvalue weighted by Crippen LogP contribution is 2.26. The molecule has 0 bridgehead atoms. The fourth-order valence-electron chi connectivity index (χ4n) is 1.64. The molecular weight excluding hydrogens is 278 g/mol. The first-order valence-electron chi connectivity index (χ1n) is 5.85. The van der Waals surface area contributed by atoms with E-state index < -0.39 is 6.03 Å². The summed E-state index contributed by atoms with van der Waals surface area (Å²) in [5.41, 5.74) is 7.35. The highest BCUT2D eigenvalue weighted by atomic mass is 35.5. The van der Waals surface area contributed by atoms with Crippen LogP contribution in [-0.2, 0) is 0 Å². The Balaban J connectivity index is 2.08. The topological polar surface area (TPSA) is 76.4 Å². The molecule has 4 N–H and O–H groups in total. The Kier molecular flexibility index (Phi) is 4.32. The number of methoxy groups -OCH3 is 1. The molecule has 0 saturated carbocycles. The molecule has 104 valence electrons. The normalized spacial score (nSPS) is 9.90. The van der Waals surface area contributed by atoms with Gasteiger partial charge in [-0.25, -0.2) is 4.79 Å². The van der Waals surface area contributed by atoms with Crippen LogP contribution >= 0.6 is 11.6 Å². The SMILES string of the molecule is COc1ccc(N)cc1NC(=O)Nc1ccc(Cl)cc1. The lowest BCUT2D eigenvalue weighted by Crippen LogP contribution is -2.19. The highest BCUT2D eigenvalue weighted by Gasteiger charge is 2.08. The van der Waals surface area contributed by atoms with Crippen molar-refractivity contribution in [2.45, 2.75) is 0 Å². The lowest BCUT2D eigenvalue weighted by atomic mass is 10.2. The molecule has 2 aromatic carbocycles. The van der Waals surface area contributed by atoms with Gasteiger partial charge in [0.15, 0.2) is 0 Å². The number of nitrogens with two attached hydrogens (primary N) is 1. The summed E-state index contributed by atoms with van der Waals surface area (Å²) in [6.07, 6.45) is 0. The molecule has 0 aliphatic rings. The molecule has 0 aliphatic carbocycles. The van der Waals surface area contributed by atoms with Crippen molar-refractivity contribution >= 4 is 34.7 Å². The summed E-state index contributed by atoms with van der Waals surface area (Å²) in [5, 5.41) is 5.97. The molecule has 0 fully saturated rings. The monoisotopic (exact) mass is 291 g/mol. The third-order valence-electron chi connectivity index (χ3n) is 2.57. The number of amides is 2. The van der Waals surface area contributed by atoms with Gasteiger partial charge in [0.2, 0.25) is 0 Å². The number of hydrogen-bond donors (Lipinski definition) is 3. The average Bonchev–Trinajstić information content (AvgIpc) is 2.41. The molecular formula is C14H14ClN3O2. The third-order valence-corrected chi connectivity index (χ3v) is 2.83. The van der Waals surface area contributed by atoms with Gasteiger partial charge in [-0.15, -0.1) is 0 Å². The van der Waals surface area contributed by atoms with E-state index in [2.05, 4.69) is 10.6 Å². The lowest BCUT2D eigenvalue weighted by Gasteiger charge is -2.11. The largest absolute Gasteiger partial charge is 0.495 e. The number of halogens is 1. The fourth-order valence-corrected chi connectivity index (χ4v) is 1.77. The van der Waals surface area contributed by atoms with Crippen LogP contribution in [0, 0.1) is 0 Å². The maximum Gasteiger partial charge on any atom is 0.323 e. The fraction of sp³-hybridized carbons (Fsp3) is 0.0714. The van der Waals surface area contributed by atoms with Crippen molar-refractivity contribution < 1.29 is 9.53 Å². The first-order chi connectivity index (χ1) is 9.58. The minimum Gasteiger partial charge on any atom is -0.495 e. The van der Waals surface area contributed by atoms with Gasteiger partial charge in [-0.2, -0.15) is 0 Å². The Hall–Kier alpha value is -2.40. The van der Waals surface area contributed by atoms with Crippen LogP contribution in [-0.4, -0.2) is 13.1 Å². The van der Waals surface area contributed by atoms with E-state index in [-0.39, 0.29) is 0 Å². The zero-order valence-corrected chi connectivity index (χ0v) is 11.6. The zero-order valence-electron chi connectivity index (χ0n) is 10.8. The Morgan fingerprint density at radius 3 is 2.50 bits per heavy atom. The Morgan fingerprint density at radius 2 is 1.85 bits per heavy atom. The number of hydrogen-bond acceptors (Lipinski definition) is 3. The van der Waals surface area contributed by atoms with E-state index in [4.69, 9.17) is 22.1 Å². The maximum absolute atomic E-state index is 11.9. The molecule has 20 heavy (non-hydrogen) atoms. The number of carbonyl (C=O) groups is 1. The van der Waals surface area contributed by atoms with Crippen LogP contribution < -0.4 is 21.1 Å². The number of anilines is 3. The van der Waals surface area contributed by atoms with Crippen LogP contribution in [0.25, 0.3) is 0 Å². The van der Waals surface area contributed by atoms with Crippen LogP contribution in [0.4, 0.5) is 21.9 Å². The van der Waals surface area contributed by atoms with E-state index in [9.17, 15) is 4.79 Å². The van der Waals surface area contributed by atoms with E-state index in [1.165, 1.54) is 7.11 Å². The van der Waals surface area contributed by atoms with Gasteiger partial charge >= 0.3 is 6.03 Å².